The van der Waals surface area contributed by atoms with Crippen molar-refractivity contribution in [2.24, 2.45) is 0 Å². The molecule has 0 bridgehead atoms. The molecule has 21 heavy (non-hydrogen) atoms. The van der Waals surface area contributed by atoms with Crippen molar-refractivity contribution in [1.82, 2.24) is 0 Å². The highest BCUT2D eigenvalue weighted by Crippen LogP contribution is 2.19. The molecule has 1 N–H and O–H groups in total. The van der Waals surface area contributed by atoms with E-state index < -0.39 is 0 Å². The molecule has 0 aromatic heterocycles. The van der Waals surface area contributed by atoms with Crippen molar-refractivity contribution in [2.45, 2.75) is 13.8 Å². The molecule has 0 aliphatic carbocycles. The van der Waals surface area contributed by atoms with Crippen molar-refractivity contribution >= 4 is 17.9 Å². The number of rotatable bonds is 5. The standard InChI is InChI=1S/C17H17NO3/c1-12-4-3-5-13(2)17(12)18-16(20)11-21-15-8-6-14(10-19)7-9-15/h3-10H,11H2,1-2H3,(H,18,20). The molecule has 2 aromatic rings. The number of hydrogen-bond donors (Lipinski definition) is 1. The number of amides is 1. The van der Waals surface area contributed by atoms with Crippen LogP contribution in [-0.2, 0) is 4.79 Å². The highest BCUT2D eigenvalue weighted by atomic mass is 16.5. The number of carbonyl (C=O) groups excluding carboxylic acids is 2. The lowest BCUT2D eigenvalue weighted by Gasteiger charge is -2.12. The van der Waals surface area contributed by atoms with E-state index in [1.54, 1.807) is 24.3 Å². The van der Waals surface area contributed by atoms with E-state index >= 15 is 0 Å². The summed E-state index contributed by atoms with van der Waals surface area (Å²) < 4.78 is 5.39. The SMILES string of the molecule is Cc1cccc(C)c1NC(=O)COc1ccc(C=O)cc1. The Morgan fingerprint density at radius 3 is 2.29 bits per heavy atom. The Morgan fingerprint density at radius 1 is 1.10 bits per heavy atom. The van der Waals surface area contributed by atoms with Gasteiger partial charge >= 0.3 is 0 Å². The van der Waals surface area contributed by atoms with Gasteiger partial charge in [-0.1, -0.05) is 18.2 Å². The third-order valence-electron chi connectivity index (χ3n) is 3.13. The maximum Gasteiger partial charge on any atom is 0.262 e. The predicted octanol–water partition coefficient (Wildman–Crippen LogP) is 3.13. The Bertz CT molecular complexity index is 627. The minimum Gasteiger partial charge on any atom is -0.484 e. The molecular formula is C17H17NO3. The first kappa shape index (κ1) is 14.8. The first-order valence-electron chi connectivity index (χ1n) is 6.64. The summed E-state index contributed by atoms with van der Waals surface area (Å²) in [7, 11) is 0. The average Bonchev–Trinajstić information content (AvgIpc) is 2.49. The number of aldehydes is 1. The van der Waals surface area contributed by atoms with Gasteiger partial charge in [-0.3, -0.25) is 9.59 Å². The highest BCUT2D eigenvalue weighted by Gasteiger charge is 2.08. The van der Waals surface area contributed by atoms with Crippen molar-refractivity contribution in [3.8, 4) is 5.75 Å². The van der Waals surface area contributed by atoms with Crippen molar-refractivity contribution in [1.29, 1.82) is 0 Å². The molecule has 4 heteroatoms. The first-order chi connectivity index (χ1) is 10.1. The zero-order valence-corrected chi connectivity index (χ0v) is 12.1. The van der Waals surface area contributed by atoms with Crippen LogP contribution in [0.4, 0.5) is 5.69 Å². The molecule has 0 saturated carbocycles. The lowest BCUT2D eigenvalue weighted by Crippen LogP contribution is -2.21. The summed E-state index contributed by atoms with van der Waals surface area (Å²) in [6, 6.07) is 12.5. The number of ether oxygens (including phenoxy) is 1. The molecule has 0 unspecified atom stereocenters. The molecule has 0 radical (unpaired) electrons. The summed E-state index contributed by atoms with van der Waals surface area (Å²) in [4.78, 5) is 22.5. The van der Waals surface area contributed by atoms with Gasteiger partial charge in [0.25, 0.3) is 5.91 Å². The lowest BCUT2D eigenvalue weighted by molar-refractivity contribution is -0.118. The number of anilines is 1. The molecule has 1 amide bonds. The fourth-order valence-corrected chi connectivity index (χ4v) is 1.98. The second kappa shape index (κ2) is 6.70. The molecule has 2 rings (SSSR count). The van der Waals surface area contributed by atoms with Crippen LogP contribution in [-0.4, -0.2) is 18.8 Å². The predicted molar refractivity (Wildman–Crippen MR) is 81.9 cm³/mol. The Kier molecular flexibility index (Phi) is 4.72. The van der Waals surface area contributed by atoms with Crippen LogP contribution in [0.3, 0.4) is 0 Å². The van der Waals surface area contributed by atoms with Crippen LogP contribution in [0, 0.1) is 13.8 Å². The monoisotopic (exact) mass is 283 g/mol. The van der Waals surface area contributed by atoms with E-state index in [1.807, 2.05) is 32.0 Å². The maximum atomic E-state index is 11.9. The van der Waals surface area contributed by atoms with Gasteiger partial charge in [-0.25, -0.2) is 0 Å². The summed E-state index contributed by atoms with van der Waals surface area (Å²) in [5.74, 6) is 0.337. The van der Waals surface area contributed by atoms with Gasteiger partial charge in [0.2, 0.25) is 0 Å². The van der Waals surface area contributed by atoms with E-state index in [0.717, 1.165) is 23.1 Å². The van der Waals surface area contributed by atoms with Crippen LogP contribution < -0.4 is 10.1 Å². The molecule has 0 atom stereocenters. The van der Waals surface area contributed by atoms with E-state index in [9.17, 15) is 9.59 Å². The van der Waals surface area contributed by atoms with Gasteiger partial charge < -0.3 is 10.1 Å². The normalized spacial score (nSPS) is 10.0. The topological polar surface area (TPSA) is 55.4 Å². The second-order valence-electron chi connectivity index (χ2n) is 4.79. The first-order valence-corrected chi connectivity index (χ1v) is 6.64. The maximum absolute atomic E-state index is 11.9. The quantitative estimate of drug-likeness (QED) is 0.858. The zero-order valence-electron chi connectivity index (χ0n) is 12.1. The van der Waals surface area contributed by atoms with Crippen molar-refractivity contribution in [3.63, 3.8) is 0 Å². The number of carbonyl (C=O) groups is 2. The molecule has 4 nitrogen and oxygen atoms in total. The van der Waals surface area contributed by atoms with Gasteiger partial charge in [0.15, 0.2) is 6.61 Å². The summed E-state index contributed by atoms with van der Waals surface area (Å²) in [6.07, 6.45) is 0.761. The van der Waals surface area contributed by atoms with Crippen LogP contribution >= 0.6 is 0 Å². The Labute approximate surface area is 123 Å². The summed E-state index contributed by atoms with van der Waals surface area (Å²) in [5, 5.41) is 2.85. The van der Waals surface area contributed by atoms with Gasteiger partial charge in [0.05, 0.1) is 0 Å². The van der Waals surface area contributed by atoms with Crippen LogP contribution in [0.25, 0.3) is 0 Å². The van der Waals surface area contributed by atoms with Crippen molar-refractivity contribution in [3.05, 3.63) is 59.2 Å². The summed E-state index contributed by atoms with van der Waals surface area (Å²) in [5.41, 5.74) is 3.42. The molecule has 0 fully saturated rings. The molecule has 2 aromatic carbocycles. The Hall–Kier alpha value is -2.62. The molecule has 0 aliphatic heterocycles. The van der Waals surface area contributed by atoms with E-state index in [4.69, 9.17) is 4.74 Å². The largest absolute Gasteiger partial charge is 0.484 e. The number of benzene rings is 2. The van der Waals surface area contributed by atoms with Gasteiger partial charge in [0.1, 0.15) is 12.0 Å². The Morgan fingerprint density at radius 2 is 1.71 bits per heavy atom. The summed E-state index contributed by atoms with van der Waals surface area (Å²) >= 11 is 0. The molecule has 0 heterocycles. The lowest BCUT2D eigenvalue weighted by atomic mass is 10.1. The smallest absolute Gasteiger partial charge is 0.262 e. The minimum atomic E-state index is -0.216. The van der Waals surface area contributed by atoms with E-state index in [2.05, 4.69) is 5.32 Å². The molecule has 0 saturated heterocycles. The van der Waals surface area contributed by atoms with E-state index in [0.29, 0.717) is 11.3 Å². The third kappa shape index (κ3) is 3.92. The number of nitrogens with one attached hydrogen (secondary N) is 1. The highest BCUT2D eigenvalue weighted by molar-refractivity contribution is 5.93. The van der Waals surface area contributed by atoms with Crippen molar-refractivity contribution in [2.75, 3.05) is 11.9 Å². The number of aryl methyl sites for hydroxylation is 2. The van der Waals surface area contributed by atoms with Gasteiger partial charge in [-0.15, -0.1) is 0 Å². The molecule has 0 aliphatic rings. The van der Waals surface area contributed by atoms with Crippen molar-refractivity contribution < 1.29 is 14.3 Å². The van der Waals surface area contributed by atoms with Crippen LogP contribution in [0.5, 0.6) is 5.75 Å². The molecule has 108 valence electrons. The van der Waals surface area contributed by atoms with Crippen LogP contribution in [0.1, 0.15) is 21.5 Å². The van der Waals surface area contributed by atoms with Gasteiger partial charge in [0, 0.05) is 11.3 Å². The fraction of sp³-hybridized carbons (Fsp3) is 0.176. The zero-order chi connectivity index (χ0) is 15.2. The van der Waals surface area contributed by atoms with E-state index in [-0.39, 0.29) is 12.5 Å². The average molecular weight is 283 g/mol. The molecular weight excluding hydrogens is 266 g/mol. The second-order valence-corrected chi connectivity index (χ2v) is 4.79. The number of para-hydroxylation sites is 1. The van der Waals surface area contributed by atoms with Crippen LogP contribution in [0.2, 0.25) is 0 Å². The van der Waals surface area contributed by atoms with E-state index in [1.165, 1.54) is 0 Å². The molecule has 0 spiro atoms. The number of hydrogen-bond acceptors (Lipinski definition) is 3. The van der Waals surface area contributed by atoms with Gasteiger partial charge in [-0.05, 0) is 49.2 Å². The Balaban J connectivity index is 1.94. The minimum absolute atomic E-state index is 0.0752. The fourth-order valence-electron chi connectivity index (χ4n) is 1.98. The van der Waals surface area contributed by atoms with Crippen LogP contribution in [0.15, 0.2) is 42.5 Å². The third-order valence-corrected chi connectivity index (χ3v) is 3.13. The summed E-state index contributed by atoms with van der Waals surface area (Å²) in [6.45, 7) is 3.82. The van der Waals surface area contributed by atoms with Gasteiger partial charge in [-0.2, -0.15) is 0 Å².